The van der Waals surface area contributed by atoms with E-state index in [0.29, 0.717) is 5.41 Å². The lowest BCUT2D eigenvalue weighted by Gasteiger charge is -2.23. The first-order valence-corrected chi connectivity index (χ1v) is 10.5. The van der Waals surface area contributed by atoms with Gasteiger partial charge < -0.3 is 0 Å². The molecule has 3 nitrogen and oxygen atoms in total. The summed E-state index contributed by atoms with van der Waals surface area (Å²) in [7, 11) is -3.69. The highest BCUT2D eigenvalue weighted by molar-refractivity contribution is 7.89. The largest absolute Gasteiger partial charge is 0.238 e. The van der Waals surface area contributed by atoms with Gasteiger partial charge in [-0.1, -0.05) is 37.1 Å². The van der Waals surface area contributed by atoms with E-state index in [-0.39, 0.29) is 10.7 Å². The van der Waals surface area contributed by atoms with Gasteiger partial charge in [-0.15, -0.1) is 0 Å². The van der Waals surface area contributed by atoms with Gasteiger partial charge in [-0.05, 0) is 77.6 Å². The maximum atomic E-state index is 13.4. The summed E-state index contributed by atoms with van der Waals surface area (Å²) in [4.78, 5) is 0.124. The van der Waals surface area contributed by atoms with Gasteiger partial charge in [0.1, 0.15) is 5.82 Å². The molecule has 2 aliphatic rings. The number of benzene rings is 2. The number of nitrogens with two attached hydrogens (primary N) is 1. The highest BCUT2D eigenvalue weighted by Crippen LogP contribution is 2.57. The monoisotopic (exact) mass is 371 g/mol. The highest BCUT2D eigenvalue weighted by Gasteiger charge is 2.41. The molecule has 136 valence electrons. The fraction of sp³-hybridized carbons (Fsp3) is 0.333. The van der Waals surface area contributed by atoms with E-state index in [1.807, 2.05) is 24.3 Å². The van der Waals surface area contributed by atoms with Crippen molar-refractivity contribution in [1.29, 1.82) is 0 Å². The zero-order chi connectivity index (χ0) is 18.4. The van der Waals surface area contributed by atoms with E-state index in [4.69, 9.17) is 5.14 Å². The Kier molecular flexibility index (Phi) is 4.24. The van der Waals surface area contributed by atoms with Crippen LogP contribution in [0, 0.1) is 11.2 Å². The van der Waals surface area contributed by atoms with Crippen molar-refractivity contribution in [3.8, 4) is 0 Å². The predicted octanol–water partition coefficient (Wildman–Crippen LogP) is 4.74. The van der Waals surface area contributed by atoms with Crippen LogP contribution >= 0.6 is 0 Å². The molecule has 0 aliphatic heterocycles. The number of halogens is 1. The summed E-state index contributed by atoms with van der Waals surface area (Å²) in [5.41, 5.74) is 4.90. The molecule has 0 unspecified atom stereocenters. The third kappa shape index (κ3) is 3.21. The Morgan fingerprint density at radius 3 is 1.73 bits per heavy atom. The molecule has 2 aromatic rings. The second-order valence-corrected chi connectivity index (χ2v) is 9.16. The van der Waals surface area contributed by atoms with Gasteiger partial charge in [-0.2, -0.15) is 0 Å². The quantitative estimate of drug-likeness (QED) is 0.847. The molecule has 4 rings (SSSR count). The molecule has 0 radical (unpaired) electrons. The Morgan fingerprint density at radius 2 is 1.27 bits per heavy atom. The SMILES string of the molecule is NS(=O)(=O)c1ccc(C2=C(c3ccc(F)cc3)CC3(CCCC3)C2)cc1. The Balaban J connectivity index is 1.78. The second kappa shape index (κ2) is 6.32. The Hall–Kier alpha value is -1.98. The van der Waals surface area contributed by atoms with Crippen molar-refractivity contribution in [2.75, 3.05) is 0 Å². The average molecular weight is 371 g/mol. The summed E-state index contributed by atoms with van der Waals surface area (Å²) in [5.74, 6) is -0.234. The first-order valence-electron chi connectivity index (χ1n) is 8.98. The van der Waals surface area contributed by atoms with Gasteiger partial charge in [0.15, 0.2) is 0 Å². The minimum atomic E-state index is -3.69. The van der Waals surface area contributed by atoms with Crippen LogP contribution in [0.2, 0.25) is 0 Å². The van der Waals surface area contributed by atoms with Crippen LogP contribution in [0.1, 0.15) is 49.7 Å². The van der Waals surface area contributed by atoms with Crippen molar-refractivity contribution in [3.63, 3.8) is 0 Å². The van der Waals surface area contributed by atoms with Gasteiger partial charge in [0, 0.05) is 0 Å². The maximum Gasteiger partial charge on any atom is 0.238 e. The smallest absolute Gasteiger partial charge is 0.225 e. The van der Waals surface area contributed by atoms with Crippen molar-refractivity contribution >= 4 is 21.2 Å². The number of primary sulfonamides is 1. The van der Waals surface area contributed by atoms with E-state index >= 15 is 0 Å². The zero-order valence-corrected chi connectivity index (χ0v) is 15.4. The number of hydrogen-bond acceptors (Lipinski definition) is 2. The first kappa shape index (κ1) is 17.4. The lowest BCUT2D eigenvalue weighted by molar-refractivity contribution is 0.330. The molecule has 5 heteroatoms. The predicted molar refractivity (Wildman–Crippen MR) is 101 cm³/mol. The fourth-order valence-electron chi connectivity index (χ4n) is 4.55. The van der Waals surface area contributed by atoms with E-state index in [0.717, 1.165) is 24.0 Å². The van der Waals surface area contributed by atoms with E-state index in [1.54, 1.807) is 12.1 Å². The number of sulfonamides is 1. The van der Waals surface area contributed by atoms with Gasteiger partial charge in [-0.25, -0.2) is 17.9 Å². The minimum Gasteiger partial charge on any atom is -0.225 e. The molecule has 26 heavy (non-hydrogen) atoms. The van der Waals surface area contributed by atoms with E-state index in [9.17, 15) is 12.8 Å². The molecule has 1 fully saturated rings. The summed E-state index contributed by atoms with van der Waals surface area (Å²) in [6.07, 6.45) is 6.95. The van der Waals surface area contributed by atoms with Gasteiger partial charge in [0.25, 0.3) is 0 Å². The number of allylic oxidation sites excluding steroid dienone is 2. The Bertz CT molecular complexity index is 954. The molecular weight excluding hydrogens is 349 g/mol. The minimum absolute atomic E-state index is 0.124. The number of rotatable bonds is 3. The Labute approximate surface area is 153 Å². The van der Waals surface area contributed by atoms with Crippen molar-refractivity contribution in [3.05, 3.63) is 65.5 Å². The molecule has 2 aromatic carbocycles. The number of hydrogen-bond donors (Lipinski definition) is 1. The molecule has 1 saturated carbocycles. The molecular formula is C21H22FNO2S. The van der Waals surface area contributed by atoms with Crippen molar-refractivity contribution in [1.82, 2.24) is 0 Å². The molecule has 1 spiro atoms. The van der Waals surface area contributed by atoms with Crippen LogP contribution in [0.25, 0.3) is 11.1 Å². The second-order valence-electron chi connectivity index (χ2n) is 7.59. The summed E-state index contributed by atoms with van der Waals surface area (Å²) < 4.78 is 36.4. The standard InChI is InChI=1S/C21H22FNO2S/c22-17-7-3-15(4-8-17)19-13-21(11-1-2-12-21)14-20(19)16-5-9-18(10-6-16)26(23,24)25/h3-10H,1-2,11-14H2,(H2,23,24,25). The first-order chi connectivity index (χ1) is 12.4. The molecule has 0 heterocycles. The van der Waals surface area contributed by atoms with Crippen molar-refractivity contribution < 1.29 is 12.8 Å². The van der Waals surface area contributed by atoms with Gasteiger partial charge in [0.05, 0.1) is 4.90 Å². The van der Waals surface area contributed by atoms with Crippen LogP contribution in [0.15, 0.2) is 53.4 Å². The third-order valence-electron chi connectivity index (χ3n) is 5.86. The van der Waals surface area contributed by atoms with Crippen LogP contribution in [0.3, 0.4) is 0 Å². The van der Waals surface area contributed by atoms with Crippen LogP contribution < -0.4 is 5.14 Å². The normalized spacial score (nSPS) is 19.5. The van der Waals surface area contributed by atoms with Gasteiger partial charge in [0.2, 0.25) is 10.0 Å². The summed E-state index contributed by atoms with van der Waals surface area (Å²) in [5, 5.41) is 5.21. The Morgan fingerprint density at radius 1 is 0.808 bits per heavy atom. The highest BCUT2D eigenvalue weighted by atomic mass is 32.2. The van der Waals surface area contributed by atoms with E-state index < -0.39 is 10.0 Å². The average Bonchev–Trinajstić information content (AvgIpc) is 3.22. The topological polar surface area (TPSA) is 60.2 Å². The third-order valence-corrected chi connectivity index (χ3v) is 6.79. The lowest BCUT2D eigenvalue weighted by atomic mass is 9.81. The summed E-state index contributed by atoms with van der Waals surface area (Å²) in [6.45, 7) is 0. The molecule has 0 atom stereocenters. The molecule has 0 amide bonds. The maximum absolute atomic E-state index is 13.4. The molecule has 0 bridgehead atoms. The zero-order valence-electron chi connectivity index (χ0n) is 14.5. The summed E-state index contributed by atoms with van der Waals surface area (Å²) in [6, 6.07) is 13.5. The van der Waals surface area contributed by atoms with Crippen LogP contribution in [-0.2, 0) is 10.0 Å². The van der Waals surface area contributed by atoms with Crippen molar-refractivity contribution in [2.24, 2.45) is 10.6 Å². The van der Waals surface area contributed by atoms with E-state index in [1.165, 1.54) is 49.0 Å². The van der Waals surface area contributed by atoms with Crippen LogP contribution in [0.4, 0.5) is 4.39 Å². The van der Waals surface area contributed by atoms with Crippen LogP contribution in [0.5, 0.6) is 0 Å². The lowest BCUT2D eigenvalue weighted by Crippen LogP contribution is -2.12. The fourth-order valence-corrected chi connectivity index (χ4v) is 5.07. The summed E-state index contributed by atoms with van der Waals surface area (Å²) >= 11 is 0. The van der Waals surface area contributed by atoms with Crippen LogP contribution in [-0.4, -0.2) is 8.42 Å². The molecule has 2 N–H and O–H groups in total. The molecule has 2 aliphatic carbocycles. The molecule has 0 saturated heterocycles. The van der Waals surface area contributed by atoms with Crippen molar-refractivity contribution in [2.45, 2.75) is 43.4 Å². The van der Waals surface area contributed by atoms with Gasteiger partial charge >= 0.3 is 0 Å². The molecule has 0 aromatic heterocycles. The van der Waals surface area contributed by atoms with E-state index in [2.05, 4.69) is 0 Å². The van der Waals surface area contributed by atoms with Gasteiger partial charge in [-0.3, -0.25) is 0 Å².